The van der Waals surface area contributed by atoms with Crippen molar-refractivity contribution in [2.45, 2.75) is 52.7 Å². The Morgan fingerprint density at radius 3 is 2.32 bits per heavy atom. The van der Waals surface area contributed by atoms with Gasteiger partial charge in [0, 0.05) is 21.4 Å². The van der Waals surface area contributed by atoms with E-state index in [1.54, 1.807) is 11.1 Å². The van der Waals surface area contributed by atoms with Gasteiger partial charge in [0.1, 0.15) is 12.2 Å². The van der Waals surface area contributed by atoms with E-state index in [-0.39, 0.29) is 11.6 Å². The fourth-order valence-electron chi connectivity index (χ4n) is 1.71. The van der Waals surface area contributed by atoms with Gasteiger partial charge in [-0.1, -0.05) is 0 Å². The Labute approximate surface area is 146 Å². The summed E-state index contributed by atoms with van der Waals surface area (Å²) in [6.45, 7) is 12.3. The molecule has 0 saturated carbocycles. The minimum atomic E-state index is -0.515. The van der Waals surface area contributed by atoms with Crippen LogP contribution in [0.2, 0.25) is 0 Å². The van der Waals surface area contributed by atoms with Crippen LogP contribution in [-0.2, 0) is 4.74 Å². The Morgan fingerprint density at radius 1 is 1.23 bits per heavy atom. The van der Waals surface area contributed by atoms with Crippen LogP contribution in [0.5, 0.6) is 5.88 Å². The standard InChI is InChI=1S/C16H25IN2O3/c1-15(2,3)19(14(20)22-16(4,5)6)9-10-21-13-8-7-12(17)11-18-13/h7-8,11H,9-10H2,1-6H3. The summed E-state index contributed by atoms with van der Waals surface area (Å²) in [5.41, 5.74) is -0.857. The number of ether oxygens (including phenoxy) is 2. The van der Waals surface area contributed by atoms with E-state index in [9.17, 15) is 4.79 Å². The van der Waals surface area contributed by atoms with Gasteiger partial charge in [0.15, 0.2) is 0 Å². The molecule has 0 unspecified atom stereocenters. The zero-order valence-corrected chi connectivity index (χ0v) is 16.3. The second-order valence-electron chi connectivity index (χ2n) is 6.97. The van der Waals surface area contributed by atoms with Crippen molar-refractivity contribution < 1.29 is 14.3 Å². The van der Waals surface area contributed by atoms with Gasteiger partial charge in [0.2, 0.25) is 5.88 Å². The second kappa shape index (κ2) is 7.48. The lowest BCUT2D eigenvalue weighted by Crippen LogP contribution is -2.49. The molecule has 1 aromatic rings. The Kier molecular flexibility index (Phi) is 6.46. The molecule has 0 aliphatic carbocycles. The van der Waals surface area contributed by atoms with Gasteiger partial charge in [0.25, 0.3) is 0 Å². The lowest BCUT2D eigenvalue weighted by Gasteiger charge is -2.36. The van der Waals surface area contributed by atoms with Crippen LogP contribution in [-0.4, -0.2) is 40.3 Å². The summed E-state index contributed by atoms with van der Waals surface area (Å²) in [6, 6.07) is 3.75. The summed E-state index contributed by atoms with van der Waals surface area (Å²) in [7, 11) is 0. The molecule has 0 aliphatic heterocycles. The normalized spacial score (nSPS) is 12.0. The molecule has 0 aliphatic rings. The number of carbonyl (C=O) groups excluding carboxylic acids is 1. The first-order valence-electron chi connectivity index (χ1n) is 7.24. The minimum Gasteiger partial charge on any atom is -0.476 e. The molecule has 0 fully saturated rings. The molecular weight excluding hydrogens is 395 g/mol. The van der Waals surface area contributed by atoms with E-state index >= 15 is 0 Å². The van der Waals surface area contributed by atoms with Crippen molar-refractivity contribution in [1.29, 1.82) is 0 Å². The van der Waals surface area contributed by atoms with Gasteiger partial charge in [0.05, 0.1) is 6.54 Å². The quantitative estimate of drug-likeness (QED) is 0.689. The average Bonchev–Trinajstić information content (AvgIpc) is 2.32. The van der Waals surface area contributed by atoms with Crippen LogP contribution in [0.4, 0.5) is 4.79 Å². The lowest BCUT2D eigenvalue weighted by atomic mass is 10.1. The van der Waals surface area contributed by atoms with Gasteiger partial charge in [-0.15, -0.1) is 0 Å². The largest absolute Gasteiger partial charge is 0.476 e. The predicted octanol–water partition coefficient (Wildman–Crippen LogP) is 4.10. The molecule has 1 heterocycles. The van der Waals surface area contributed by atoms with E-state index in [1.807, 2.05) is 53.7 Å². The zero-order chi connectivity index (χ0) is 17.0. The summed E-state index contributed by atoms with van der Waals surface area (Å²) >= 11 is 2.19. The lowest BCUT2D eigenvalue weighted by molar-refractivity contribution is 0.00287. The molecular formula is C16H25IN2O3. The Hall–Kier alpha value is -1.05. The van der Waals surface area contributed by atoms with Crippen LogP contribution >= 0.6 is 22.6 Å². The van der Waals surface area contributed by atoms with Gasteiger partial charge in [-0.2, -0.15) is 0 Å². The maximum Gasteiger partial charge on any atom is 0.410 e. The average molecular weight is 420 g/mol. The summed E-state index contributed by atoms with van der Waals surface area (Å²) in [4.78, 5) is 18.2. The Balaban J connectivity index is 2.62. The molecule has 0 atom stereocenters. The number of aromatic nitrogens is 1. The first-order chi connectivity index (χ1) is 9.99. The van der Waals surface area contributed by atoms with Crippen LogP contribution in [0, 0.1) is 3.57 Å². The number of amides is 1. The highest BCUT2D eigenvalue weighted by Gasteiger charge is 2.30. The summed E-state index contributed by atoms with van der Waals surface area (Å²) < 4.78 is 12.1. The molecule has 5 nitrogen and oxygen atoms in total. The van der Waals surface area contributed by atoms with Gasteiger partial charge < -0.3 is 9.47 Å². The van der Waals surface area contributed by atoms with E-state index in [2.05, 4.69) is 27.6 Å². The third-order valence-corrected chi connectivity index (χ3v) is 3.33. The Morgan fingerprint density at radius 2 is 1.86 bits per heavy atom. The van der Waals surface area contributed by atoms with Gasteiger partial charge in [-0.05, 0) is 70.2 Å². The highest BCUT2D eigenvalue weighted by molar-refractivity contribution is 14.1. The SMILES string of the molecule is CC(C)(C)OC(=O)N(CCOc1ccc(I)cn1)C(C)(C)C. The summed E-state index contributed by atoms with van der Waals surface area (Å²) in [6.07, 6.45) is 1.41. The van der Waals surface area contributed by atoms with Gasteiger partial charge >= 0.3 is 6.09 Å². The first-order valence-corrected chi connectivity index (χ1v) is 8.32. The van der Waals surface area contributed by atoms with Crippen molar-refractivity contribution in [3.8, 4) is 5.88 Å². The van der Waals surface area contributed by atoms with Crippen LogP contribution < -0.4 is 4.74 Å². The highest BCUT2D eigenvalue weighted by Crippen LogP contribution is 2.18. The van der Waals surface area contributed by atoms with Crippen molar-refractivity contribution in [2.75, 3.05) is 13.2 Å². The van der Waals surface area contributed by atoms with Crippen molar-refractivity contribution in [3.05, 3.63) is 21.9 Å². The van der Waals surface area contributed by atoms with E-state index in [0.717, 1.165) is 3.57 Å². The number of rotatable bonds is 4. The van der Waals surface area contributed by atoms with E-state index in [4.69, 9.17) is 9.47 Å². The summed E-state index contributed by atoms with van der Waals surface area (Å²) in [5, 5.41) is 0. The third-order valence-electron chi connectivity index (χ3n) is 2.69. The number of hydrogen-bond acceptors (Lipinski definition) is 4. The van der Waals surface area contributed by atoms with Crippen LogP contribution in [0.25, 0.3) is 0 Å². The van der Waals surface area contributed by atoms with Crippen LogP contribution in [0.15, 0.2) is 18.3 Å². The number of hydrogen-bond donors (Lipinski definition) is 0. The molecule has 0 aromatic carbocycles. The third kappa shape index (κ3) is 6.81. The van der Waals surface area contributed by atoms with E-state index < -0.39 is 5.60 Å². The molecule has 1 amide bonds. The maximum atomic E-state index is 12.3. The molecule has 1 rings (SSSR count). The molecule has 0 radical (unpaired) electrons. The second-order valence-corrected chi connectivity index (χ2v) is 8.21. The number of pyridine rings is 1. The number of nitrogens with zero attached hydrogens (tertiary/aromatic N) is 2. The summed E-state index contributed by atoms with van der Waals surface area (Å²) in [5.74, 6) is 0.554. The minimum absolute atomic E-state index is 0.334. The Bertz CT molecular complexity index is 490. The van der Waals surface area contributed by atoms with Crippen LogP contribution in [0.3, 0.4) is 0 Å². The van der Waals surface area contributed by atoms with Gasteiger partial charge in [-0.3, -0.25) is 4.90 Å². The monoisotopic (exact) mass is 420 g/mol. The molecule has 0 saturated heterocycles. The van der Waals surface area contributed by atoms with Gasteiger partial charge in [-0.25, -0.2) is 9.78 Å². The van der Waals surface area contributed by atoms with Crippen LogP contribution in [0.1, 0.15) is 41.5 Å². The molecule has 6 heteroatoms. The zero-order valence-electron chi connectivity index (χ0n) is 14.1. The molecule has 1 aromatic heterocycles. The molecule has 0 N–H and O–H groups in total. The van der Waals surface area contributed by atoms with E-state index in [1.165, 1.54) is 0 Å². The van der Waals surface area contributed by atoms with Crippen molar-refractivity contribution in [2.24, 2.45) is 0 Å². The highest BCUT2D eigenvalue weighted by atomic mass is 127. The number of halogens is 1. The fourth-order valence-corrected chi connectivity index (χ4v) is 2.03. The van der Waals surface area contributed by atoms with Crippen molar-refractivity contribution in [1.82, 2.24) is 9.88 Å². The van der Waals surface area contributed by atoms with Crippen molar-refractivity contribution >= 4 is 28.7 Å². The smallest absolute Gasteiger partial charge is 0.410 e. The molecule has 124 valence electrons. The predicted molar refractivity (Wildman–Crippen MR) is 95.1 cm³/mol. The topological polar surface area (TPSA) is 51.7 Å². The molecule has 0 bridgehead atoms. The van der Waals surface area contributed by atoms with E-state index in [0.29, 0.717) is 19.0 Å². The maximum absolute atomic E-state index is 12.3. The first kappa shape index (κ1) is 19.0. The molecule has 0 spiro atoms. The van der Waals surface area contributed by atoms with Crippen molar-refractivity contribution in [3.63, 3.8) is 0 Å². The number of carbonyl (C=O) groups is 1. The molecule has 22 heavy (non-hydrogen) atoms. The fraction of sp³-hybridized carbons (Fsp3) is 0.625.